The van der Waals surface area contributed by atoms with E-state index in [9.17, 15) is 19.9 Å². The third-order valence-corrected chi connectivity index (χ3v) is 1.29. The van der Waals surface area contributed by atoms with Crippen molar-refractivity contribution in [2.24, 2.45) is 5.18 Å². The van der Waals surface area contributed by atoms with E-state index in [4.69, 9.17) is 0 Å². The predicted molar refractivity (Wildman–Crippen MR) is 35.7 cm³/mol. The molecule has 1 aromatic carbocycles. The molecule has 0 aliphatic heterocycles. The van der Waals surface area contributed by atoms with Crippen molar-refractivity contribution in [3.8, 4) is 5.75 Å². The van der Waals surface area contributed by atoms with Crippen molar-refractivity contribution in [2.45, 2.75) is 0 Å². The maximum Gasteiger partial charge on any atom is 2.00 e. The van der Waals surface area contributed by atoms with Crippen molar-refractivity contribution in [3.63, 3.8) is 0 Å². The van der Waals surface area contributed by atoms with Crippen LogP contribution >= 0.6 is 0 Å². The number of rotatable bonds is 2. The molecule has 0 aromatic heterocycles. The fraction of sp³-hybridized carbons (Fsp3) is 0. The Morgan fingerprint density at radius 1 is 1.38 bits per heavy atom. The Morgan fingerprint density at radius 2 is 2.00 bits per heavy atom. The summed E-state index contributed by atoms with van der Waals surface area (Å²) in [7, 11) is 0. The van der Waals surface area contributed by atoms with Crippen LogP contribution in [-0.2, 0) is 19.5 Å². The third kappa shape index (κ3) is 2.59. The molecule has 1 aromatic rings. The number of carboxylic acid groups (broad SMARTS) is 1. The van der Waals surface area contributed by atoms with E-state index < -0.39 is 17.3 Å². The van der Waals surface area contributed by atoms with Crippen molar-refractivity contribution in [2.75, 3.05) is 0 Å². The Morgan fingerprint density at radius 3 is 2.46 bits per heavy atom. The number of aromatic carboxylic acids is 1. The van der Waals surface area contributed by atoms with Gasteiger partial charge in [0.15, 0.2) is 0 Å². The van der Waals surface area contributed by atoms with Crippen molar-refractivity contribution >= 4 is 11.7 Å². The maximum atomic E-state index is 10.8. The van der Waals surface area contributed by atoms with Gasteiger partial charge in [-0.25, -0.2) is 0 Å². The summed E-state index contributed by atoms with van der Waals surface area (Å²) in [5, 5.41) is 23.5. The van der Waals surface area contributed by atoms with E-state index in [2.05, 4.69) is 5.18 Å². The number of nitrogens with zero attached hydrogens (tertiary/aromatic N) is 1. The average Bonchev–Trinajstić information content (AvgIpc) is 2.05. The Hall–Kier alpha value is -1.29. The zero-order valence-corrected chi connectivity index (χ0v) is 9.49. The summed E-state index contributed by atoms with van der Waals surface area (Å²) in [5.74, 6) is -2.30. The van der Waals surface area contributed by atoms with Gasteiger partial charge in [0.05, 0.1) is 5.97 Å². The van der Waals surface area contributed by atoms with Crippen LogP contribution < -0.4 is 10.2 Å². The van der Waals surface area contributed by atoms with Crippen LogP contribution in [-0.4, -0.2) is 5.97 Å². The van der Waals surface area contributed by atoms with Crippen LogP contribution in [0.25, 0.3) is 0 Å². The molecule has 0 unspecified atom stereocenters. The molecular weight excluding hydrogens is 227 g/mol. The van der Waals surface area contributed by atoms with E-state index in [0.29, 0.717) is 0 Å². The molecule has 0 spiro atoms. The van der Waals surface area contributed by atoms with Gasteiger partial charge in [0.25, 0.3) is 0 Å². The number of carboxylic acids is 1. The predicted octanol–water partition coefficient (Wildman–Crippen LogP) is -0.481. The van der Waals surface area contributed by atoms with Crippen LogP contribution in [0, 0.1) is 4.91 Å². The molecule has 0 radical (unpaired) electrons. The number of benzene rings is 1. The zero-order chi connectivity index (χ0) is 9.14. The molecule has 6 heteroatoms. The molecule has 13 heavy (non-hydrogen) atoms. The van der Waals surface area contributed by atoms with Crippen molar-refractivity contribution in [3.05, 3.63) is 28.7 Å². The van der Waals surface area contributed by atoms with Crippen molar-refractivity contribution in [1.82, 2.24) is 0 Å². The van der Waals surface area contributed by atoms with Gasteiger partial charge in [-0.2, -0.15) is 0 Å². The van der Waals surface area contributed by atoms with Crippen LogP contribution in [0.3, 0.4) is 0 Å². The quantitative estimate of drug-likeness (QED) is 0.507. The largest absolute Gasteiger partial charge is 2.00 e. The molecule has 0 bridgehead atoms. The van der Waals surface area contributed by atoms with Crippen LogP contribution in [0.2, 0.25) is 0 Å². The normalized spacial score (nSPS) is 8.62. The van der Waals surface area contributed by atoms with Crippen LogP contribution in [0.4, 0.5) is 5.69 Å². The smallest absolute Gasteiger partial charge is 0.872 e. The third-order valence-electron chi connectivity index (χ3n) is 1.29. The molecule has 0 aliphatic rings. The SMILES string of the molecule is O=Nc1ccc([O-])c(C(=O)[O-])c1.[Zn+2]. The minimum atomic E-state index is -1.61. The Bertz CT molecular complexity index is 339. The number of carbonyl (C=O) groups is 1. The summed E-state index contributed by atoms with van der Waals surface area (Å²) in [6, 6.07) is 2.98. The van der Waals surface area contributed by atoms with Gasteiger partial charge in [-0.05, 0) is 22.9 Å². The summed E-state index contributed by atoms with van der Waals surface area (Å²) in [6.45, 7) is 0. The number of hydrogen-bond acceptors (Lipinski definition) is 5. The minimum absolute atomic E-state index is 0. The topological polar surface area (TPSA) is 92.6 Å². The molecule has 62 valence electrons. The van der Waals surface area contributed by atoms with E-state index >= 15 is 0 Å². The van der Waals surface area contributed by atoms with Gasteiger partial charge in [-0.1, -0.05) is 11.8 Å². The van der Waals surface area contributed by atoms with Gasteiger partial charge in [0.1, 0.15) is 5.69 Å². The van der Waals surface area contributed by atoms with E-state index in [0.717, 1.165) is 18.2 Å². The average molecular weight is 230 g/mol. The Balaban J connectivity index is 0.00000144. The van der Waals surface area contributed by atoms with E-state index in [1.165, 1.54) is 0 Å². The molecule has 0 amide bonds. The Kier molecular flexibility index (Phi) is 4.21. The maximum absolute atomic E-state index is 10.8. The first-order valence-electron chi connectivity index (χ1n) is 3.01. The molecule has 0 saturated heterocycles. The van der Waals surface area contributed by atoms with Gasteiger partial charge in [-0.3, -0.25) is 0 Å². The summed E-state index contributed by atoms with van der Waals surface area (Å²) in [5.41, 5.74) is -0.652. The molecule has 0 aliphatic carbocycles. The number of nitroso groups, excluding NO2 is 1. The van der Waals surface area contributed by atoms with Gasteiger partial charge in [0.2, 0.25) is 0 Å². The summed E-state index contributed by atoms with van der Waals surface area (Å²) >= 11 is 0. The van der Waals surface area contributed by atoms with Crippen molar-refractivity contribution in [1.29, 1.82) is 0 Å². The number of hydrogen-bond donors (Lipinski definition) is 0. The summed E-state index contributed by atoms with van der Waals surface area (Å²) in [4.78, 5) is 20.2. The zero-order valence-electron chi connectivity index (χ0n) is 6.52. The molecule has 0 N–H and O–H groups in total. The molecule has 5 nitrogen and oxygen atoms in total. The first-order chi connectivity index (χ1) is 5.65. The Labute approximate surface area is 86.1 Å². The van der Waals surface area contributed by atoms with E-state index in [1.54, 1.807) is 0 Å². The van der Waals surface area contributed by atoms with E-state index in [-0.39, 0.29) is 25.2 Å². The fourth-order valence-corrected chi connectivity index (χ4v) is 0.734. The molecule has 1 rings (SSSR count). The molecule has 0 fully saturated rings. The van der Waals surface area contributed by atoms with E-state index in [1.807, 2.05) is 0 Å². The van der Waals surface area contributed by atoms with Crippen LogP contribution in [0.5, 0.6) is 5.75 Å². The van der Waals surface area contributed by atoms with Gasteiger partial charge in [0, 0.05) is 0 Å². The first-order valence-corrected chi connectivity index (χ1v) is 3.01. The minimum Gasteiger partial charge on any atom is -0.872 e. The van der Waals surface area contributed by atoms with Gasteiger partial charge in [-0.15, -0.1) is 4.91 Å². The van der Waals surface area contributed by atoms with Crippen molar-refractivity contribution < 1.29 is 34.5 Å². The fourth-order valence-electron chi connectivity index (χ4n) is 0.734. The summed E-state index contributed by atoms with van der Waals surface area (Å²) in [6.07, 6.45) is 0. The second-order valence-corrected chi connectivity index (χ2v) is 2.06. The van der Waals surface area contributed by atoms with Crippen LogP contribution in [0.1, 0.15) is 10.4 Å². The second-order valence-electron chi connectivity index (χ2n) is 2.06. The van der Waals surface area contributed by atoms with Gasteiger partial charge < -0.3 is 15.0 Å². The summed E-state index contributed by atoms with van der Waals surface area (Å²) < 4.78 is 0. The molecule has 0 saturated carbocycles. The monoisotopic (exact) mass is 229 g/mol. The van der Waals surface area contributed by atoms with Gasteiger partial charge >= 0.3 is 19.5 Å². The standard InChI is InChI=1S/C7H5NO4.Zn/c9-6-2-1-4(8-12)3-5(6)7(10)11;/h1-3,9H,(H,10,11);/q;+2/p-2. The first kappa shape index (κ1) is 11.7. The number of carbonyl (C=O) groups excluding carboxylic acids is 1. The van der Waals surface area contributed by atoms with Crippen LogP contribution in [0.15, 0.2) is 23.4 Å². The molecule has 0 atom stereocenters. The molecule has 0 heterocycles. The molecular formula is C7H3NO4Zn. The second kappa shape index (κ2) is 4.67.